The molecule has 3 rings (SSSR count). The van der Waals surface area contributed by atoms with Crippen LogP contribution >= 0.6 is 22.9 Å². The van der Waals surface area contributed by atoms with Crippen LogP contribution in [0.2, 0.25) is 5.15 Å². The lowest BCUT2D eigenvalue weighted by molar-refractivity contribution is 0.0606. The molecule has 0 aliphatic carbocycles. The Morgan fingerprint density at radius 3 is 3.05 bits per heavy atom. The molecular weight excluding hydrogens is 298 g/mol. The fourth-order valence-corrected chi connectivity index (χ4v) is 4.21. The molecule has 5 nitrogen and oxygen atoms in total. The quantitative estimate of drug-likeness (QED) is 0.783. The molecule has 0 spiro atoms. The smallest absolute Gasteiger partial charge is 0.351 e. The van der Waals surface area contributed by atoms with Crippen LogP contribution in [0.5, 0.6) is 0 Å². The molecule has 0 amide bonds. The van der Waals surface area contributed by atoms with E-state index in [9.17, 15) is 4.79 Å². The van der Waals surface area contributed by atoms with E-state index in [1.54, 1.807) is 0 Å². The van der Waals surface area contributed by atoms with Gasteiger partial charge in [-0.2, -0.15) is 0 Å². The molecule has 2 fully saturated rings. The van der Waals surface area contributed by atoms with Crippen molar-refractivity contribution < 1.29 is 9.53 Å². The lowest BCUT2D eigenvalue weighted by Crippen LogP contribution is -2.54. The SMILES string of the molecule is COC(=O)c1sc(N2CCN3CCCCC3C2)nc1Cl. The van der Waals surface area contributed by atoms with E-state index < -0.39 is 5.97 Å². The van der Waals surface area contributed by atoms with Crippen molar-refractivity contribution in [1.29, 1.82) is 0 Å². The number of fused-ring (bicyclic) bond motifs is 1. The Labute approximate surface area is 127 Å². The van der Waals surface area contributed by atoms with Gasteiger partial charge in [0.15, 0.2) is 15.2 Å². The van der Waals surface area contributed by atoms with Crippen molar-refractivity contribution >= 4 is 34.0 Å². The number of thiazole rings is 1. The lowest BCUT2D eigenvalue weighted by atomic mass is 10.00. The molecule has 3 heterocycles. The Bertz CT molecular complexity index is 508. The number of carbonyl (C=O) groups is 1. The summed E-state index contributed by atoms with van der Waals surface area (Å²) in [5.74, 6) is -0.407. The summed E-state index contributed by atoms with van der Waals surface area (Å²) in [4.78, 5) is 21.1. The summed E-state index contributed by atoms with van der Waals surface area (Å²) in [7, 11) is 1.36. The highest BCUT2D eigenvalue weighted by Crippen LogP contribution is 2.32. The summed E-state index contributed by atoms with van der Waals surface area (Å²) in [6.45, 7) is 4.20. The number of esters is 1. The maximum absolute atomic E-state index is 11.6. The Morgan fingerprint density at radius 1 is 1.40 bits per heavy atom. The minimum atomic E-state index is -0.407. The van der Waals surface area contributed by atoms with Gasteiger partial charge in [-0.3, -0.25) is 4.90 Å². The zero-order chi connectivity index (χ0) is 14.1. The maximum atomic E-state index is 11.6. The highest BCUT2D eigenvalue weighted by Gasteiger charge is 2.31. The largest absolute Gasteiger partial charge is 0.465 e. The van der Waals surface area contributed by atoms with Crippen LogP contribution in [-0.2, 0) is 4.74 Å². The topological polar surface area (TPSA) is 45.7 Å². The first kappa shape index (κ1) is 14.1. The third-order valence-corrected chi connectivity index (χ3v) is 5.53. The summed E-state index contributed by atoms with van der Waals surface area (Å²) in [5.41, 5.74) is 0. The summed E-state index contributed by atoms with van der Waals surface area (Å²) in [5, 5.41) is 1.09. The molecule has 2 aliphatic rings. The Hall–Kier alpha value is -0.850. The van der Waals surface area contributed by atoms with Crippen molar-refractivity contribution in [2.75, 3.05) is 38.2 Å². The van der Waals surface area contributed by atoms with Crippen LogP contribution in [0.4, 0.5) is 5.13 Å². The first-order chi connectivity index (χ1) is 9.69. The second-order valence-corrected chi connectivity index (χ2v) is 6.58. The summed E-state index contributed by atoms with van der Waals surface area (Å²) < 4.78 is 4.72. The molecule has 1 unspecified atom stereocenters. The van der Waals surface area contributed by atoms with Crippen LogP contribution in [0.15, 0.2) is 0 Å². The molecule has 0 bridgehead atoms. The van der Waals surface area contributed by atoms with Gasteiger partial charge in [0.1, 0.15) is 0 Å². The molecule has 1 atom stereocenters. The van der Waals surface area contributed by atoms with E-state index in [1.807, 2.05) is 0 Å². The first-order valence-corrected chi connectivity index (χ1v) is 8.12. The Morgan fingerprint density at radius 2 is 2.25 bits per heavy atom. The van der Waals surface area contributed by atoms with E-state index in [1.165, 1.54) is 44.3 Å². The molecule has 7 heteroatoms. The van der Waals surface area contributed by atoms with Crippen molar-refractivity contribution in [1.82, 2.24) is 9.88 Å². The number of nitrogens with zero attached hydrogens (tertiary/aromatic N) is 3. The van der Waals surface area contributed by atoms with Crippen molar-refractivity contribution in [3.8, 4) is 0 Å². The Balaban J connectivity index is 1.75. The third-order valence-electron chi connectivity index (χ3n) is 4.05. The molecule has 20 heavy (non-hydrogen) atoms. The second kappa shape index (κ2) is 5.87. The number of aromatic nitrogens is 1. The zero-order valence-corrected chi connectivity index (χ0v) is 13.0. The molecule has 1 aromatic rings. The van der Waals surface area contributed by atoms with Gasteiger partial charge in [0.05, 0.1) is 7.11 Å². The lowest BCUT2D eigenvalue weighted by Gasteiger charge is -2.43. The molecule has 2 aliphatic heterocycles. The predicted molar refractivity (Wildman–Crippen MR) is 79.9 cm³/mol. The number of hydrogen-bond donors (Lipinski definition) is 0. The van der Waals surface area contributed by atoms with E-state index >= 15 is 0 Å². The van der Waals surface area contributed by atoms with Crippen LogP contribution in [-0.4, -0.2) is 55.2 Å². The van der Waals surface area contributed by atoms with Crippen LogP contribution < -0.4 is 4.90 Å². The van der Waals surface area contributed by atoms with Gasteiger partial charge in [-0.15, -0.1) is 0 Å². The minimum absolute atomic E-state index is 0.253. The van der Waals surface area contributed by atoms with Crippen LogP contribution in [0.25, 0.3) is 0 Å². The molecule has 0 aromatic carbocycles. The van der Waals surface area contributed by atoms with Crippen LogP contribution in [0.1, 0.15) is 28.9 Å². The van der Waals surface area contributed by atoms with E-state index in [0.29, 0.717) is 10.9 Å². The molecule has 1 aromatic heterocycles. The monoisotopic (exact) mass is 315 g/mol. The average Bonchev–Trinajstić information content (AvgIpc) is 2.88. The molecular formula is C13H18ClN3O2S. The van der Waals surface area contributed by atoms with Crippen LogP contribution in [0.3, 0.4) is 0 Å². The minimum Gasteiger partial charge on any atom is -0.465 e. The number of ether oxygens (including phenoxy) is 1. The Kier molecular flexibility index (Phi) is 4.14. The normalized spacial score (nSPS) is 23.5. The molecule has 110 valence electrons. The van der Waals surface area contributed by atoms with E-state index in [-0.39, 0.29) is 5.15 Å². The predicted octanol–water partition coefficient (Wildman–Crippen LogP) is 2.26. The number of anilines is 1. The van der Waals surface area contributed by atoms with E-state index in [0.717, 1.165) is 24.8 Å². The number of hydrogen-bond acceptors (Lipinski definition) is 6. The van der Waals surface area contributed by atoms with E-state index in [2.05, 4.69) is 14.8 Å². The van der Waals surface area contributed by atoms with Gasteiger partial charge in [0.2, 0.25) is 0 Å². The van der Waals surface area contributed by atoms with E-state index in [4.69, 9.17) is 16.3 Å². The van der Waals surface area contributed by atoms with Gasteiger partial charge >= 0.3 is 5.97 Å². The third kappa shape index (κ3) is 2.64. The number of carbonyl (C=O) groups excluding carboxylic acids is 1. The zero-order valence-electron chi connectivity index (χ0n) is 11.5. The number of rotatable bonds is 2. The fourth-order valence-electron chi connectivity index (χ4n) is 2.97. The van der Waals surface area contributed by atoms with Gasteiger partial charge in [-0.25, -0.2) is 9.78 Å². The van der Waals surface area contributed by atoms with Crippen molar-refractivity contribution in [2.24, 2.45) is 0 Å². The number of piperazine rings is 1. The van der Waals surface area contributed by atoms with Crippen molar-refractivity contribution in [2.45, 2.75) is 25.3 Å². The molecule has 0 radical (unpaired) electrons. The first-order valence-electron chi connectivity index (χ1n) is 6.92. The van der Waals surface area contributed by atoms with Crippen molar-refractivity contribution in [3.63, 3.8) is 0 Å². The van der Waals surface area contributed by atoms with Gasteiger partial charge < -0.3 is 9.64 Å². The maximum Gasteiger partial charge on any atom is 0.351 e. The van der Waals surface area contributed by atoms with Gasteiger partial charge in [-0.1, -0.05) is 29.4 Å². The van der Waals surface area contributed by atoms with Crippen molar-refractivity contribution in [3.05, 3.63) is 10.0 Å². The van der Waals surface area contributed by atoms with Gasteiger partial charge in [0, 0.05) is 25.7 Å². The second-order valence-electron chi connectivity index (χ2n) is 5.24. The number of piperidine rings is 1. The fraction of sp³-hybridized carbons (Fsp3) is 0.692. The molecule has 0 N–H and O–H groups in total. The molecule has 0 saturated carbocycles. The molecule has 2 saturated heterocycles. The highest BCUT2D eigenvalue weighted by molar-refractivity contribution is 7.18. The highest BCUT2D eigenvalue weighted by atomic mass is 35.5. The van der Waals surface area contributed by atoms with Gasteiger partial charge in [0.25, 0.3) is 0 Å². The van der Waals surface area contributed by atoms with Gasteiger partial charge in [-0.05, 0) is 19.4 Å². The average molecular weight is 316 g/mol. The summed E-state index contributed by atoms with van der Waals surface area (Å²) >= 11 is 7.36. The number of halogens is 1. The van der Waals surface area contributed by atoms with Crippen LogP contribution in [0, 0.1) is 0 Å². The number of methoxy groups -OCH3 is 1. The summed E-state index contributed by atoms with van der Waals surface area (Å²) in [6, 6.07) is 0.613. The summed E-state index contributed by atoms with van der Waals surface area (Å²) in [6.07, 6.45) is 3.87. The standard InChI is InChI=1S/C13H18ClN3O2S/c1-19-12(18)10-11(14)15-13(20-10)17-7-6-16-5-3-2-4-9(16)8-17/h9H,2-8H2,1H3.